The summed E-state index contributed by atoms with van der Waals surface area (Å²) >= 11 is 0. The number of nitrogens with zero attached hydrogens (tertiary/aromatic N) is 3. The molecular weight excluding hydrogens is 393 g/mol. The lowest BCUT2D eigenvalue weighted by molar-refractivity contribution is -0.130. The van der Waals surface area contributed by atoms with Crippen LogP contribution in [0.4, 0.5) is 14.9 Å². The van der Waals surface area contributed by atoms with E-state index in [1.165, 1.54) is 0 Å². The maximum atomic E-state index is 14.8. The van der Waals surface area contributed by atoms with Gasteiger partial charge in [0, 0.05) is 38.7 Å². The lowest BCUT2D eigenvalue weighted by Crippen LogP contribution is -2.53. The molecule has 0 aromatic heterocycles. The van der Waals surface area contributed by atoms with Gasteiger partial charge in [0.2, 0.25) is 5.91 Å². The van der Waals surface area contributed by atoms with Crippen LogP contribution in [0.5, 0.6) is 0 Å². The summed E-state index contributed by atoms with van der Waals surface area (Å²) in [6.45, 7) is 4.76. The zero-order valence-corrected chi connectivity index (χ0v) is 17.1. The molecular formula is C20H28FN5O4. The number of piperidine rings is 1. The molecule has 2 amide bonds. The highest BCUT2D eigenvalue weighted by Crippen LogP contribution is 2.28. The summed E-state index contributed by atoms with van der Waals surface area (Å²) in [5.41, 5.74) is 10.9. The van der Waals surface area contributed by atoms with Crippen LogP contribution in [0.15, 0.2) is 23.2 Å². The van der Waals surface area contributed by atoms with E-state index in [2.05, 4.69) is 4.99 Å². The third-order valence-electron chi connectivity index (χ3n) is 5.45. The first kappa shape index (κ1) is 21.8. The van der Waals surface area contributed by atoms with E-state index in [-0.39, 0.29) is 24.2 Å². The van der Waals surface area contributed by atoms with Crippen molar-refractivity contribution in [3.63, 3.8) is 0 Å². The third kappa shape index (κ3) is 5.59. The van der Waals surface area contributed by atoms with Crippen LogP contribution < -0.4 is 16.4 Å². The Morgan fingerprint density at radius 2 is 1.93 bits per heavy atom. The third-order valence-corrected chi connectivity index (χ3v) is 5.45. The van der Waals surface area contributed by atoms with Gasteiger partial charge >= 0.3 is 6.09 Å². The van der Waals surface area contributed by atoms with Gasteiger partial charge in [-0.3, -0.25) is 4.79 Å². The summed E-state index contributed by atoms with van der Waals surface area (Å²) in [5.74, 6) is -0.274. The van der Waals surface area contributed by atoms with Crippen molar-refractivity contribution in [1.29, 1.82) is 0 Å². The van der Waals surface area contributed by atoms with Gasteiger partial charge in [-0.25, -0.2) is 9.18 Å². The summed E-state index contributed by atoms with van der Waals surface area (Å²) in [7, 11) is 0. The zero-order chi connectivity index (χ0) is 21.7. The molecule has 2 aliphatic heterocycles. The second kappa shape index (κ2) is 9.75. The van der Waals surface area contributed by atoms with Crippen molar-refractivity contribution in [2.45, 2.75) is 32.5 Å². The van der Waals surface area contributed by atoms with E-state index in [0.29, 0.717) is 31.3 Å². The van der Waals surface area contributed by atoms with Gasteiger partial charge in [0.1, 0.15) is 6.61 Å². The zero-order valence-electron chi connectivity index (χ0n) is 17.1. The Morgan fingerprint density at radius 1 is 1.23 bits per heavy atom. The summed E-state index contributed by atoms with van der Waals surface area (Å²) < 4.78 is 25.6. The summed E-state index contributed by atoms with van der Waals surface area (Å²) in [5, 5.41) is 0. The normalized spacial score (nSPS) is 17.4. The van der Waals surface area contributed by atoms with E-state index in [4.69, 9.17) is 20.9 Å². The van der Waals surface area contributed by atoms with E-state index in [1.54, 1.807) is 25.1 Å². The molecule has 164 valence electrons. The molecule has 0 saturated carbocycles. The fourth-order valence-corrected chi connectivity index (χ4v) is 3.63. The number of ether oxygens (including phenoxy) is 2. The average Bonchev–Trinajstić information content (AvgIpc) is 2.66. The Kier molecular flexibility index (Phi) is 7.09. The number of amides is 2. The molecule has 30 heavy (non-hydrogen) atoms. The minimum atomic E-state index is -0.966. The first-order chi connectivity index (χ1) is 14.3. The molecule has 4 N–H and O–H groups in total. The monoisotopic (exact) mass is 421 g/mol. The van der Waals surface area contributed by atoms with Crippen molar-refractivity contribution >= 4 is 23.6 Å². The molecule has 0 bridgehead atoms. The Labute approximate surface area is 174 Å². The van der Waals surface area contributed by atoms with Gasteiger partial charge in [-0.1, -0.05) is 12.1 Å². The summed E-state index contributed by atoms with van der Waals surface area (Å²) in [6.07, 6.45) is 0.987. The first-order valence-electron chi connectivity index (χ1n) is 9.99. The topological polar surface area (TPSA) is 123 Å². The fourth-order valence-electron chi connectivity index (χ4n) is 3.63. The number of hydrogen-bond donors (Lipinski definition) is 2. The van der Waals surface area contributed by atoms with Crippen molar-refractivity contribution in [1.82, 2.24) is 4.90 Å². The Bertz CT molecular complexity index is 800. The first-order valence-corrected chi connectivity index (χ1v) is 9.99. The molecule has 9 nitrogen and oxygen atoms in total. The average molecular weight is 421 g/mol. The predicted molar refractivity (Wildman–Crippen MR) is 109 cm³/mol. The molecule has 0 unspecified atom stereocenters. The van der Waals surface area contributed by atoms with Gasteiger partial charge in [-0.15, -0.1) is 4.99 Å². The van der Waals surface area contributed by atoms with Crippen molar-refractivity contribution in [2.24, 2.45) is 22.4 Å². The number of anilines is 1. The minimum absolute atomic E-state index is 0.0542. The summed E-state index contributed by atoms with van der Waals surface area (Å²) in [6, 6.07) is 4.94. The number of guanidine groups is 1. The van der Waals surface area contributed by atoms with E-state index in [0.717, 1.165) is 25.9 Å². The number of rotatable bonds is 6. The highest BCUT2D eigenvalue weighted by molar-refractivity contribution is 5.87. The number of halogens is 1. The molecule has 0 radical (unpaired) electrons. The van der Waals surface area contributed by atoms with Crippen molar-refractivity contribution in [3.05, 3.63) is 29.6 Å². The second-order valence-electron chi connectivity index (χ2n) is 7.65. The maximum Gasteiger partial charge on any atom is 0.437 e. The smallest absolute Gasteiger partial charge is 0.437 e. The van der Waals surface area contributed by atoms with Crippen LogP contribution in [0.1, 0.15) is 25.3 Å². The van der Waals surface area contributed by atoms with Crippen LogP contribution in [0, 0.1) is 11.7 Å². The number of nitrogens with two attached hydrogens (primary N) is 2. The molecule has 2 fully saturated rings. The Morgan fingerprint density at radius 3 is 2.57 bits per heavy atom. The summed E-state index contributed by atoms with van der Waals surface area (Å²) in [4.78, 5) is 29.8. The number of carbonyl (C=O) groups excluding carboxylic acids is 2. The second-order valence-corrected chi connectivity index (χ2v) is 7.65. The number of benzene rings is 1. The predicted octanol–water partition coefficient (Wildman–Crippen LogP) is 1.20. The van der Waals surface area contributed by atoms with Gasteiger partial charge in [0.05, 0.1) is 18.4 Å². The SMILES string of the molecule is CC(=O)N1CCC(COC2CN(c3cccc(COC(=O)N=C(N)N)c3F)C2)CC1. The van der Waals surface area contributed by atoms with Crippen LogP contribution in [-0.4, -0.2) is 61.7 Å². The molecule has 0 spiro atoms. The number of carbonyl (C=O) groups is 2. The maximum absolute atomic E-state index is 14.8. The standard InChI is InChI=1S/C20H28FN5O4/c1-13(27)25-7-5-14(6-8-25)11-29-16-9-26(10-16)17-4-2-3-15(18(17)21)12-30-20(28)24-19(22)23/h2-4,14,16H,5-12H2,1H3,(H4,22,23,24,28). The van der Waals surface area contributed by atoms with Crippen LogP contribution in [-0.2, 0) is 20.9 Å². The molecule has 2 saturated heterocycles. The van der Waals surface area contributed by atoms with Gasteiger partial charge < -0.3 is 30.7 Å². The molecule has 1 aromatic rings. The molecule has 2 aliphatic rings. The van der Waals surface area contributed by atoms with Gasteiger partial charge in [-0.05, 0) is 24.8 Å². The quantitative estimate of drug-likeness (QED) is 0.522. The van der Waals surface area contributed by atoms with E-state index >= 15 is 0 Å². The van der Waals surface area contributed by atoms with Gasteiger partial charge in [-0.2, -0.15) is 0 Å². The van der Waals surface area contributed by atoms with Crippen molar-refractivity contribution in [2.75, 3.05) is 37.7 Å². The highest BCUT2D eigenvalue weighted by Gasteiger charge is 2.31. The number of likely N-dealkylation sites (tertiary alicyclic amines) is 1. The Hall–Kier alpha value is -2.88. The van der Waals surface area contributed by atoms with Crippen molar-refractivity contribution < 1.29 is 23.5 Å². The molecule has 0 atom stereocenters. The molecule has 1 aromatic carbocycles. The number of hydrogen-bond acceptors (Lipinski definition) is 5. The van der Waals surface area contributed by atoms with Gasteiger partial charge in [0.25, 0.3) is 0 Å². The van der Waals surface area contributed by atoms with E-state index < -0.39 is 17.9 Å². The van der Waals surface area contributed by atoms with Crippen molar-refractivity contribution in [3.8, 4) is 0 Å². The molecule has 3 rings (SSSR count). The molecule has 2 heterocycles. The minimum Gasteiger partial charge on any atom is -0.443 e. The van der Waals surface area contributed by atoms with Crippen LogP contribution in [0.2, 0.25) is 0 Å². The largest absolute Gasteiger partial charge is 0.443 e. The van der Waals surface area contributed by atoms with E-state index in [9.17, 15) is 14.0 Å². The fraction of sp³-hybridized carbons (Fsp3) is 0.550. The lowest BCUT2D eigenvalue weighted by Gasteiger charge is -2.42. The lowest BCUT2D eigenvalue weighted by atomic mass is 9.97. The highest BCUT2D eigenvalue weighted by atomic mass is 19.1. The van der Waals surface area contributed by atoms with Crippen LogP contribution in [0.3, 0.4) is 0 Å². The van der Waals surface area contributed by atoms with Gasteiger partial charge in [0.15, 0.2) is 11.8 Å². The van der Waals surface area contributed by atoms with E-state index in [1.807, 2.05) is 9.80 Å². The van der Waals surface area contributed by atoms with Crippen LogP contribution >= 0.6 is 0 Å². The molecule has 0 aliphatic carbocycles. The molecule has 10 heteroatoms. The number of aliphatic imine (C=N–C) groups is 1. The van der Waals surface area contributed by atoms with Crippen LogP contribution in [0.25, 0.3) is 0 Å². The Balaban J connectivity index is 1.44.